The number of hydrogen-bond acceptors (Lipinski definition) is 7. The molecule has 1 fully saturated rings. The zero-order chi connectivity index (χ0) is 26.3. The molecule has 3 N–H and O–H groups in total. The highest BCUT2D eigenvalue weighted by molar-refractivity contribution is 7.21. The Bertz CT molecular complexity index is 1460. The number of amides is 2. The van der Waals surface area contributed by atoms with Crippen LogP contribution in [-0.2, 0) is 0 Å². The van der Waals surface area contributed by atoms with Gasteiger partial charge in [0.15, 0.2) is 0 Å². The van der Waals surface area contributed by atoms with E-state index in [1.54, 1.807) is 29.9 Å². The molecule has 4 aromatic rings. The fraction of sp³-hybridized carbons (Fsp3) is 0.423. The first kappa shape index (κ1) is 25.1. The number of hydrogen-bond donors (Lipinski definition) is 3. The molecule has 2 amide bonds. The van der Waals surface area contributed by atoms with E-state index in [1.807, 2.05) is 20.0 Å². The van der Waals surface area contributed by atoms with Crippen LogP contribution >= 0.6 is 11.3 Å². The summed E-state index contributed by atoms with van der Waals surface area (Å²) in [6.07, 6.45) is 7.36. The highest BCUT2D eigenvalue weighted by Crippen LogP contribution is 2.34. The first-order valence-electron chi connectivity index (χ1n) is 12.4. The molecule has 194 valence electrons. The summed E-state index contributed by atoms with van der Waals surface area (Å²) in [5.74, 6) is -0.510. The van der Waals surface area contributed by atoms with E-state index in [0.29, 0.717) is 29.1 Å². The quantitative estimate of drug-likeness (QED) is 0.339. The van der Waals surface area contributed by atoms with Crippen LogP contribution in [0.25, 0.3) is 15.3 Å². The van der Waals surface area contributed by atoms with E-state index in [9.17, 15) is 9.59 Å². The summed E-state index contributed by atoms with van der Waals surface area (Å²) >= 11 is 1.48. The second-order valence-electron chi connectivity index (χ2n) is 10.2. The Morgan fingerprint density at radius 2 is 1.97 bits per heavy atom. The molecule has 1 saturated heterocycles. The molecule has 5 rings (SSSR count). The van der Waals surface area contributed by atoms with Gasteiger partial charge >= 0.3 is 0 Å². The van der Waals surface area contributed by atoms with Crippen LogP contribution in [0.3, 0.4) is 0 Å². The number of nitrogens with one attached hydrogen (secondary N) is 3. The Morgan fingerprint density at radius 3 is 2.68 bits per heavy atom. The molecule has 0 aromatic carbocycles. The van der Waals surface area contributed by atoms with Crippen LogP contribution in [0.15, 0.2) is 24.7 Å². The molecule has 10 nitrogen and oxygen atoms in total. The van der Waals surface area contributed by atoms with Gasteiger partial charge in [0.1, 0.15) is 4.83 Å². The molecule has 37 heavy (non-hydrogen) atoms. The van der Waals surface area contributed by atoms with E-state index < -0.39 is 0 Å². The molecule has 1 aliphatic rings. The van der Waals surface area contributed by atoms with Crippen molar-refractivity contribution in [2.45, 2.75) is 53.0 Å². The van der Waals surface area contributed by atoms with Crippen molar-refractivity contribution in [3.63, 3.8) is 0 Å². The number of pyridine rings is 1. The second-order valence-corrected chi connectivity index (χ2v) is 11.2. The van der Waals surface area contributed by atoms with E-state index >= 15 is 0 Å². The summed E-state index contributed by atoms with van der Waals surface area (Å²) in [4.78, 5) is 34.5. The molecule has 5 heterocycles. The third kappa shape index (κ3) is 4.88. The Labute approximate surface area is 219 Å². The fourth-order valence-corrected chi connectivity index (χ4v) is 6.14. The van der Waals surface area contributed by atoms with Crippen molar-refractivity contribution in [3.8, 4) is 10.4 Å². The van der Waals surface area contributed by atoms with Gasteiger partial charge in [0.2, 0.25) is 0 Å². The number of likely N-dealkylation sites (tertiary alicyclic amines) is 1. The lowest BCUT2D eigenvalue weighted by atomic mass is 10.0. The van der Waals surface area contributed by atoms with Crippen molar-refractivity contribution in [1.29, 1.82) is 0 Å². The van der Waals surface area contributed by atoms with Crippen LogP contribution in [0.2, 0.25) is 0 Å². The number of anilines is 1. The molecule has 0 unspecified atom stereocenters. The van der Waals surface area contributed by atoms with Gasteiger partial charge in [-0.1, -0.05) is 0 Å². The molecule has 0 bridgehead atoms. The Balaban J connectivity index is 1.29. The van der Waals surface area contributed by atoms with E-state index in [1.165, 1.54) is 24.2 Å². The van der Waals surface area contributed by atoms with Crippen molar-refractivity contribution in [2.24, 2.45) is 0 Å². The first-order chi connectivity index (χ1) is 17.6. The number of carbonyl (C=O) groups excluding carboxylic acids is 2. The molecule has 0 radical (unpaired) electrons. The molecule has 4 aromatic heterocycles. The Morgan fingerprint density at radius 1 is 1.16 bits per heavy atom. The van der Waals surface area contributed by atoms with Crippen molar-refractivity contribution in [2.75, 3.05) is 25.0 Å². The van der Waals surface area contributed by atoms with Crippen molar-refractivity contribution < 1.29 is 9.59 Å². The summed E-state index contributed by atoms with van der Waals surface area (Å²) in [7, 11) is 0. The predicted molar refractivity (Wildman–Crippen MR) is 144 cm³/mol. The third-order valence-corrected chi connectivity index (χ3v) is 8.28. The average Bonchev–Trinajstić information content (AvgIpc) is 3.59. The minimum atomic E-state index is -0.303. The van der Waals surface area contributed by atoms with Gasteiger partial charge in [0, 0.05) is 42.3 Å². The number of rotatable bonds is 7. The number of fused-ring (bicyclic) bond motifs is 1. The van der Waals surface area contributed by atoms with Crippen LogP contribution in [0.4, 0.5) is 5.69 Å². The van der Waals surface area contributed by atoms with E-state index in [0.717, 1.165) is 39.7 Å². The van der Waals surface area contributed by atoms with Crippen LogP contribution in [0.5, 0.6) is 0 Å². The number of aryl methyl sites for hydroxylation is 3. The van der Waals surface area contributed by atoms with Gasteiger partial charge in [-0.05, 0) is 60.1 Å². The Kier molecular flexibility index (Phi) is 6.59. The largest absolute Gasteiger partial charge is 0.351 e. The predicted octanol–water partition coefficient (Wildman–Crippen LogP) is 3.96. The average molecular weight is 521 g/mol. The standard InChI is InChI=1S/C26H32N8O2S/c1-15-20(11-18(12-28-15)23(35)27-8-10-33-9-6-7-26(33,4)5)30-24(36)19-13-29-34-14-21(37-25(19)34)22-16(2)31-32-17(22)3/h11-14H,6-10H2,1-5H3,(H,27,35)(H,30,36)(H,31,32). The van der Waals surface area contributed by atoms with Crippen LogP contribution < -0.4 is 10.6 Å². The smallest absolute Gasteiger partial charge is 0.260 e. The number of aromatic amines is 1. The maximum absolute atomic E-state index is 13.2. The topological polar surface area (TPSA) is 120 Å². The minimum Gasteiger partial charge on any atom is -0.351 e. The van der Waals surface area contributed by atoms with E-state index in [4.69, 9.17) is 0 Å². The lowest BCUT2D eigenvalue weighted by Crippen LogP contribution is -2.43. The number of H-pyrrole nitrogens is 1. The maximum atomic E-state index is 13.2. The summed E-state index contributed by atoms with van der Waals surface area (Å²) < 4.78 is 1.71. The molecule has 0 atom stereocenters. The fourth-order valence-electron chi connectivity index (χ4n) is 4.93. The van der Waals surface area contributed by atoms with Gasteiger partial charge in [-0.25, -0.2) is 4.52 Å². The normalized spacial score (nSPS) is 15.4. The SMILES string of the molecule is Cc1ncc(C(=O)NCCN2CCCC2(C)C)cc1NC(=O)c1cnn2cc(-c3c(C)n[nH]c3C)sc12. The number of nitrogens with zero attached hydrogens (tertiary/aromatic N) is 5. The van der Waals surface area contributed by atoms with Gasteiger partial charge in [-0.2, -0.15) is 10.2 Å². The van der Waals surface area contributed by atoms with E-state index in [-0.39, 0.29) is 17.4 Å². The lowest BCUT2D eigenvalue weighted by molar-refractivity contribution is 0.0938. The summed E-state index contributed by atoms with van der Waals surface area (Å²) in [5, 5.41) is 17.5. The van der Waals surface area contributed by atoms with Gasteiger partial charge in [0.05, 0.1) is 39.3 Å². The monoisotopic (exact) mass is 520 g/mol. The zero-order valence-corrected chi connectivity index (χ0v) is 22.6. The summed E-state index contributed by atoms with van der Waals surface area (Å²) in [6.45, 7) is 12.6. The highest BCUT2D eigenvalue weighted by Gasteiger charge is 2.31. The first-order valence-corrected chi connectivity index (χ1v) is 13.3. The molecule has 11 heteroatoms. The maximum Gasteiger partial charge on any atom is 0.260 e. The Hall–Kier alpha value is -3.57. The molecular weight excluding hydrogens is 488 g/mol. The lowest BCUT2D eigenvalue weighted by Gasteiger charge is -2.31. The van der Waals surface area contributed by atoms with Gasteiger partial charge in [-0.15, -0.1) is 11.3 Å². The summed E-state index contributed by atoms with van der Waals surface area (Å²) in [5.41, 5.74) is 5.05. The van der Waals surface area contributed by atoms with Gasteiger partial charge in [-0.3, -0.25) is 24.6 Å². The molecule has 0 saturated carbocycles. The zero-order valence-electron chi connectivity index (χ0n) is 21.8. The number of thiazole rings is 1. The van der Waals surface area contributed by atoms with E-state index in [2.05, 4.69) is 49.7 Å². The minimum absolute atomic E-state index is 0.173. The van der Waals surface area contributed by atoms with Crippen LogP contribution in [0, 0.1) is 20.8 Å². The van der Waals surface area contributed by atoms with Gasteiger partial charge < -0.3 is 10.6 Å². The van der Waals surface area contributed by atoms with Crippen molar-refractivity contribution >= 4 is 33.7 Å². The number of aromatic nitrogens is 5. The number of carbonyl (C=O) groups is 2. The second kappa shape index (κ2) is 9.71. The van der Waals surface area contributed by atoms with Crippen LogP contribution in [0.1, 0.15) is 64.5 Å². The van der Waals surface area contributed by atoms with Crippen molar-refractivity contribution in [1.82, 2.24) is 35.0 Å². The van der Waals surface area contributed by atoms with Crippen molar-refractivity contribution in [3.05, 3.63) is 52.9 Å². The highest BCUT2D eigenvalue weighted by atomic mass is 32.1. The molecule has 1 aliphatic heterocycles. The van der Waals surface area contributed by atoms with Crippen LogP contribution in [-0.4, -0.2) is 66.7 Å². The summed E-state index contributed by atoms with van der Waals surface area (Å²) in [6, 6.07) is 1.67. The third-order valence-electron chi connectivity index (χ3n) is 7.15. The molecule has 0 aliphatic carbocycles. The molecule has 0 spiro atoms. The molecular formula is C26H32N8O2S. The van der Waals surface area contributed by atoms with Gasteiger partial charge in [0.25, 0.3) is 11.8 Å².